The van der Waals surface area contributed by atoms with Gasteiger partial charge in [-0.05, 0) is 41.5 Å². The standard InChI is InChI=1S/C29H36O16/c1-40-20(14-4-6-16(31)18(33)9-14)11-43-29-26(39)24(37)27(45-22(35)7-3-13-2-5-15(30)17(32)8-13)21(44-29)12-42-28-25(38)23(36)19(34)10-41-28/h2-9,19-21,23-34,36-39H,10-12H2,1H3/t19-,20-,21-,23+,24-,25-,26-,27-,28-,29+/m1/s1. The minimum atomic E-state index is -1.80. The average Bonchev–Trinajstić information content (AvgIpc) is 3.01. The van der Waals surface area contributed by atoms with Crippen molar-refractivity contribution in [1.29, 1.82) is 0 Å². The highest BCUT2D eigenvalue weighted by molar-refractivity contribution is 5.87. The molecule has 10 atom stereocenters. The van der Waals surface area contributed by atoms with E-state index >= 15 is 0 Å². The summed E-state index contributed by atoms with van der Waals surface area (Å²) in [5.74, 6) is -2.53. The van der Waals surface area contributed by atoms with Crippen LogP contribution in [0.25, 0.3) is 6.08 Å². The number of esters is 1. The van der Waals surface area contributed by atoms with Gasteiger partial charge >= 0.3 is 5.97 Å². The number of rotatable bonds is 11. The molecule has 2 aromatic rings. The Morgan fingerprint density at radius 2 is 1.53 bits per heavy atom. The molecule has 2 heterocycles. The molecule has 0 bridgehead atoms. The van der Waals surface area contributed by atoms with E-state index in [1.165, 1.54) is 49.6 Å². The normalized spacial score (nSPS) is 31.1. The van der Waals surface area contributed by atoms with E-state index < -0.39 is 85.5 Å². The van der Waals surface area contributed by atoms with Crippen molar-refractivity contribution in [3.05, 3.63) is 53.6 Å². The summed E-state index contributed by atoms with van der Waals surface area (Å²) in [6.07, 6.45) is -12.6. The monoisotopic (exact) mass is 640 g/mol. The Kier molecular flexibility index (Phi) is 11.6. The van der Waals surface area contributed by atoms with Crippen LogP contribution in [0.1, 0.15) is 17.2 Å². The lowest BCUT2D eigenvalue weighted by atomic mass is 9.98. The fourth-order valence-corrected chi connectivity index (χ4v) is 4.64. The van der Waals surface area contributed by atoms with Crippen LogP contribution in [0.15, 0.2) is 42.5 Å². The number of phenols is 4. The van der Waals surface area contributed by atoms with E-state index in [1.807, 2.05) is 0 Å². The molecule has 2 saturated heterocycles. The topological polar surface area (TPSA) is 255 Å². The number of ether oxygens (including phenoxy) is 6. The quantitative estimate of drug-likeness (QED) is 0.0789. The smallest absolute Gasteiger partial charge is 0.331 e. The summed E-state index contributed by atoms with van der Waals surface area (Å²) in [5.41, 5.74) is 0.734. The predicted molar refractivity (Wildman–Crippen MR) is 149 cm³/mol. The third-order valence-electron chi connectivity index (χ3n) is 7.25. The van der Waals surface area contributed by atoms with Crippen molar-refractivity contribution in [2.75, 3.05) is 26.9 Å². The van der Waals surface area contributed by atoms with E-state index in [0.717, 1.165) is 6.08 Å². The zero-order valence-corrected chi connectivity index (χ0v) is 23.9. The van der Waals surface area contributed by atoms with Crippen LogP contribution >= 0.6 is 0 Å². The summed E-state index contributed by atoms with van der Waals surface area (Å²) in [6, 6.07) is 7.77. The molecule has 16 heteroatoms. The first-order chi connectivity index (χ1) is 21.4. The molecule has 0 saturated carbocycles. The summed E-state index contributed by atoms with van der Waals surface area (Å²) in [6.45, 7) is -1.16. The van der Waals surface area contributed by atoms with Crippen molar-refractivity contribution in [2.24, 2.45) is 0 Å². The molecule has 0 spiro atoms. The van der Waals surface area contributed by atoms with Gasteiger partial charge in [0.25, 0.3) is 0 Å². The molecule has 45 heavy (non-hydrogen) atoms. The van der Waals surface area contributed by atoms with Gasteiger partial charge < -0.3 is 74.4 Å². The maximum Gasteiger partial charge on any atom is 0.331 e. The van der Waals surface area contributed by atoms with Gasteiger partial charge in [-0.2, -0.15) is 0 Å². The number of hydrogen-bond donors (Lipinski definition) is 9. The van der Waals surface area contributed by atoms with Crippen LogP contribution in [-0.2, 0) is 33.2 Å². The van der Waals surface area contributed by atoms with E-state index in [-0.39, 0.29) is 24.7 Å². The van der Waals surface area contributed by atoms with E-state index in [9.17, 15) is 50.8 Å². The summed E-state index contributed by atoms with van der Waals surface area (Å²) in [4.78, 5) is 12.7. The molecule has 0 unspecified atom stereocenters. The van der Waals surface area contributed by atoms with E-state index in [2.05, 4.69) is 0 Å². The largest absolute Gasteiger partial charge is 0.504 e. The molecule has 16 nitrogen and oxygen atoms in total. The lowest BCUT2D eigenvalue weighted by Gasteiger charge is -2.42. The van der Waals surface area contributed by atoms with Crippen LogP contribution in [-0.4, -0.2) is 134 Å². The van der Waals surface area contributed by atoms with E-state index in [4.69, 9.17) is 28.4 Å². The number of carbonyl (C=O) groups excluding carboxylic acids is 1. The molecule has 2 aliphatic rings. The summed E-state index contributed by atoms with van der Waals surface area (Å²) in [5, 5.41) is 90.2. The summed E-state index contributed by atoms with van der Waals surface area (Å²) >= 11 is 0. The van der Waals surface area contributed by atoms with E-state index in [0.29, 0.717) is 11.1 Å². The number of aliphatic hydroxyl groups is 5. The van der Waals surface area contributed by atoms with Crippen molar-refractivity contribution in [2.45, 2.75) is 61.4 Å². The van der Waals surface area contributed by atoms with Crippen LogP contribution in [0.3, 0.4) is 0 Å². The zero-order chi connectivity index (χ0) is 32.8. The molecule has 0 radical (unpaired) electrons. The van der Waals surface area contributed by atoms with Crippen LogP contribution in [0.4, 0.5) is 0 Å². The van der Waals surface area contributed by atoms with Crippen LogP contribution in [0, 0.1) is 0 Å². The molecule has 4 rings (SSSR count). The Hall–Kier alpha value is -3.55. The number of aliphatic hydroxyl groups excluding tert-OH is 5. The number of benzene rings is 2. The van der Waals surface area contributed by atoms with Gasteiger partial charge in [-0.3, -0.25) is 0 Å². The SMILES string of the molecule is CO[C@H](CO[C@H]1O[C@H](CO[C@H]2OC[C@@H](O)[C@H](O)[C@H]2O)[C@@H](OC(=O)C=Cc2ccc(O)c(O)c2)[C@H](O)[C@H]1O)c1ccc(O)c(O)c1. The van der Waals surface area contributed by atoms with Crippen LogP contribution in [0.5, 0.6) is 23.0 Å². The fourth-order valence-electron chi connectivity index (χ4n) is 4.64. The van der Waals surface area contributed by atoms with Crippen molar-refractivity contribution in [3.8, 4) is 23.0 Å². The second-order valence-electron chi connectivity index (χ2n) is 10.4. The van der Waals surface area contributed by atoms with Crippen molar-refractivity contribution in [3.63, 3.8) is 0 Å². The highest BCUT2D eigenvalue weighted by Gasteiger charge is 2.48. The van der Waals surface area contributed by atoms with Crippen molar-refractivity contribution in [1.82, 2.24) is 0 Å². The summed E-state index contributed by atoms with van der Waals surface area (Å²) in [7, 11) is 1.35. The van der Waals surface area contributed by atoms with Gasteiger partial charge in [0.05, 0.1) is 19.8 Å². The zero-order valence-electron chi connectivity index (χ0n) is 23.9. The average molecular weight is 641 g/mol. The highest BCUT2D eigenvalue weighted by Crippen LogP contribution is 2.31. The highest BCUT2D eigenvalue weighted by atomic mass is 16.7. The van der Waals surface area contributed by atoms with Crippen molar-refractivity contribution < 1.29 is 79.2 Å². The molecule has 2 fully saturated rings. The lowest BCUT2D eigenvalue weighted by Crippen LogP contribution is -2.61. The van der Waals surface area contributed by atoms with Gasteiger partial charge in [-0.15, -0.1) is 0 Å². The Bertz CT molecular complexity index is 1320. The molecule has 0 aromatic heterocycles. The second kappa shape index (κ2) is 15.2. The van der Waals surface area contributed by atoms with E-state index in [1.54, 1.807) is 0 Å². The van der Waals surface area contributed by atoms with Crippen molar-refractivity contribution >= 4 is 12.0 Å². The van der Waals surface area contributed by atoms with Crippen LogP contribution in [0.2, 0.25) is 0 Å². The molecule has 9 N–H and O–H groups in total. The van der Waals surface area contributed by atoms with Gasteiger partial charge in [0, 0.05) is 13.2 Å². The molecule has 2 aromatic carbocycles. The fraction of sp³-hybridized carbons (Fsp3) is 0.483. The van der Waals surface area contributed by atoms with Crippen LogP contribution < -0.4 is 0 Å². The Balaban J connectivity index is 1.48. The number of phenolic OH excluding ortho intramolecular Hbond substituents is 4. The summed E-state index contributed by atoms with van der Waals surface area (Å²) < 4.78 is 33.0. The number of methoxy groups -OCH3 is 1. The first kappa shape index (κ1) is 34.3. The molecule has 2 aliphatic heterocycles. The third-order valence-corrected chi connectivity index (χ3v) is 7.25. The number of hydrogen-bond acceptors (Lipinski definition) is 16. The minimum absolute atomic E-state index is 0.274. The Morgan fingerprint density at radius 3 is 2.20 bits per heavy atom. The predicted octanol–water partition coefficient (Wildman–Crippen LogP) is -1.26. The number of carbonyl (C=O) groups is 1. The maximum absolute atomic E-state index is 12.7. The van der Waals surface area contributed by atoms with Gasteiger partial charge in [0.1, 0.15) is 42.7 Å². The first-order valence-electron chi connectivity index (χ1n) is 13.8. The lowest BCUT2D eigenvalue weighted by molar-refractivity contribution is -0.324. The molecule has 0 aliphatic carbocycles. The van der Waals surface area contributed by atoms with Gasteiger partial charge in [-0.1, -0.05) is 12.1 Å². The molecule has 0 amide bonds. The number of aromatic hydroxyl groups is 4. The molecular weight excluding hydrogens is 604 g/mol. The Labute approximate surface area is 256 Å². The van der Waals surface area contributed by atoms with Gasteiger partial charge in [-0.25, -0.2) is 4.79 Å². The third kappa shape index (κ3) is 8.39. The second-order valence-corrected chi connectivity index (χ2v) is 10.4. The van der Waals surface area contributed by atoms with Gasteiger partial charge in [0.2, 0.25) is 0 Å². The Morgan fingerprint density at radius 1 is 0.867 bits per heavy atom. The van der Waals surface area contributed by atoms with Gasteiger partial charge in [0.15, 0.2) is 41.7 Å². The maximum atomic E-state index is 12.7. The minimum Gasteiger partial charge on any atom is -0.504 e. The first-order valence-corrected chi connectivity index (χ1v) is 13.8. The molecule has 248 valence electrons. The molecular formula is C29H36O16.